The number of hydrogen-bond acceptors (Lipinski definition) is 2. The zero-order valence-electron chi connectivity index (χ0n) is 10.2. The van der Waals surface area contributed by atoms with E-state index in [1.165, 1.54) is 16.9 Å². The van der Waals surface area contributed by atoms with Crippen molar-refractivity contribution in [3.8, 4) is 0 Å². The van der Waals surface area contributed by atoms with E-state index in [-0.39, 0.29) is 6.04 Å². The molecule has 1 N–H and O–H groups in total. The van der Waals surface area contributed by atoms with E-state index in [1.54, 1.807) is 0 Å². The van der Waals surface area contributed by atoms with Gasteiger partial charge in [-0.05, 0) is 43.3 Å². The first kappa shape index (κ1) is 15.8. The molecule has 6 heteroatoms. The van der Waals surface area contributed by atoms with Crippen LogP contribution in [-0.4, -0.2) is 7.05 Å². The van der Waals surface area contributed by atoms with Crippen molar-refractivity contribution in [2.24, 2.45) is 0 Å². The van der Waals surface area contributed by atoms with Crippen molar-refractivity contribution in [3.63, 3.8) is 0 Å². The summed E-state index contributed by atoms with van der Waals surface area (Å²) in [6.45, 7) is 2.06. The molecule has 2 rings (SSSR count). The molecule has 0 amide bonds. The van der Waals surface area contributed by atoms with Gasteiger partial charge in [0.15, 0.2) is 0 Å². The van der Waals surface area contributed by atoms with Gasteiger partial charge >= 0.3 is 0 Å². The molecule has 0 saturated carbocycles. The molecule has 1 aromatic heterocycles. The summed E-state index contributed by atoms with van der Waals surface area (Å²) in [7, 11) is 1.91. The molecule has 0 saturated heterocycles. The Hall–Kier alpha value is 0.420. The van der Waals surface area contributed by atoms with Gasteiger partial charge in [-0.25, -0.2) is 0 Å². The molecular formula is C13H11Br2Cl2NS. The zero-order chi connectivity index (χ0) is 14.2. The van der Waals surface area contributed by atoms with E-state index >= 15 is 0 Å². The highest BCUT2D eigenvalue weighted by Crippen LogP contribution is 2.40. The van der Waals surface area contributed by atoms with Crippen LogP contribution in [0.1, 0.15) is 22.7 Å². The van der Waals surface area contributed by atoms with Crippen molar-refractivity contribution in [1.29, 1.82) is 0 Å². The minimum absolute atomic E-state index is 0.00234. The van der Waals surface area contributed by atoms with Crippen LogP contribution >= 0.6 is 66.4 Å². The normalized spacial score (nSPS) is 12.7. The van der Waals surface area contributed by atoms with Crippen LogP contribution in [0, 0.1) is 6.92 Å². The van der Waals surface area contributed by atoms with Gasteiger partial charge in [-0.15, -0.1) is 11.3 Å². The molecule has 0 spiro atoms. The van der Waals surface area contributed by atoms with Crippen molar-refractivity contribution in [3.05, 3.63) is 52.5 Å². The van der Waals surface area contributed by atoms with Gasteiger partial charge in [-0.2, -0.15) is 0 Å². The van der Waals surface area contributed by atoms with Gasteiger partial charge in [-0.3, -0.25) is 0 Å². The van der Waals surface area contributed by atoms with Gasteiger partial charge in [0.1, 0.15) is 0 Å². The molecule has 1 heterocycles. The van der Waals surface area contributed by atoms with Crippen LogP contribution in [0.2, 0.25) is 8.67 Å². The molecule has 0 aliphatic heterocycles. The molecule has 0 aliphatic carbocycles. The standard InChI is InChI=1S/C13H11Br2Cl2NS/c1-6-3-10(15)7(4-9(6)14)12(18-2)8-5-11(16)19-13(8)17/h3-5,12,18H,1-2H3. The van der Waals surface area contributed by atoms with E-state index in [0.29, 0.717) is 8.67 Å². The van der Waals surface area contributed by atoms with Crippen LogP contribution in [0.25, 0.3) is 0 Å². The first-order chi connectivity index (χ1) is 8.93. The van der Waals surface area contributed by atoms with Gasteiger partial charge in [0.2, 0.25) is 0 Å². The second-order valence-corrected chi connectivity index (χ2v) is 8.12. The lowest BCUT2D eigenvalue weighted by molar-refractivity contribution is 0.691. The zero-order valence-corrected chi connectivity index (χ0v) is 15.7. The van der Waals surface area contributed by atoms with Gasteiger partial charge in [0.25, 0.3) is 0 Å². The minimum atomic E-state index is 0.00234. The monoisotopic (exact) mass is 441 g/mol. The highest BCUT2D eigenvalue weighted by atomic mass is 79.9. The van der Waals surface area contributed by atoms with Crippen LogP contribution in [0.3, 0.4) is 0 Å². The topological polar surface area (TPSA) is 12.0 Å². The summed E-state index contributed by atoms with van der Waals surface area (Å²) in [5.74, 6) is 0. The van der Waals surface area contributed by atoms with Gasteiger partial charge in [-0.1, -0.05) is 55.1 Å². The molecular weight excluding hydrogens is 433 g/mol. The van der Waals surface area contributed by atoms with Crippen molar-refractivity contribution in [2.45, 2.75) is 13.0 Å². The first-order valence-electron chi connectivity index (χ1n) is 5.51. The summed E-state index contributed by atoms with van der Waals surface area (Å²) in [6.07, 6.45) is 0. The maximum Gasteiger partial charge on any atom is 0.0995 e. The minimum Gasteiger partial charge on any atom is -0.309 e. The molecule has 0 aliphatic rings. The average Bonchev–Trinajstić information content (AvgIpc) is 2.66. The van der Waals surface area contributed by atoms with Crippen LogP contribution < -0.4 is 5.32 Å². The van der Waals surface area contributed by atoms with Crippen LogP contribution in [0.4, 0.5) is 0 Å². The van der Waals surface area contributed by atoms with Crippen molar-refractivity contribution < 1.29 is 0 Å². The number of aryl methyl sites for hydroxylation is 1. The predicted molar refractivity (Wildman–Crippen MR) is 91.8 cm³/mol. The first-order valence-corrected chi connectivity index (χ1v) is 8.67. The molecule has 19 heavy (non-hydrogen) atoms. The van der Waals surface area contributed by atoms with Crippen molar-refractivity contribution in [1.82, 2.24) is 5.32 Å². The van der Waals surface area contributed by atoms with Gasteiger partial charge < -0.3 is 5.32 Å². The van der Waals surface area contributed by atoms with Crippen LogP contribution in [-0.2, 0) is 0 Å². The van der Waals surface area contributed by atoms with Gasteiger partial charge in [0.05, 0.1) is 14.7 Å². The number of benzene rings is 1. The Kier molecular flexibility index (Phi) is 5.37. The largest absolute Gasteiger partial charge is 0.309 e. The maximum absolute atomic E-state index is 6.26. The molecule has 0 fully saturated rings. The maximum atomic E-state index is 6.26. The summed E-state index contributed by atoms with van der Waals surface area (Å²) in [5.41, 5.74) is 3.30. The summed E-state index contributed by atoms with van der Waals surface area (Å²) >= 11 is 20.9. The van der Waals surface area contributed by atoms with E-state index in [0.717, 1.165) is 20.1 Å². The highest BCUT2D eigenvalue weighted by Gasteiger charge is 2.20. The third kappa shape index (κ3) is 3.36. The predicted octanol–water partition coefficient (Wildman–Crippen LogP) is 6.20. The molecule has 2 aromatic rings. The SMILES string of the molecule is CNC(c1cc(Br)c(C)cc1Br)c1cc(Cl)sc1Cl. The van der Waals surface area contributed by atoms with E-state index in [4.69, 9.17) is 23.2 Å². The third-order valence-electron chi connectivity index (χ3n) is 2.87. The van der Waals surface area contributed by atoms with Crippen molar-refractivity contribution >= 4 is 66.4 Å². The molecule has 1 unspecified atom stereocenters. The number of halogens is 4. The molecule has 1 aromatic carbocycles. The van der Waals surface area contributed by atoms with Gasteiger partial charge in [0, 0.05) is 14.5 Å². The molecule has 1 atom stereocenters. The lowest BCUT2D eigenvalue weighted by Gasteiger charge is -2.19. The Morgan fingerprint density at radius 1 is 1.11 bits per heavy atom. The fourth-order valence-corrected chi connectivity index (χ4v) is 4.49. The van der Waals surface area contributed by atoms with E-state index in [1.807, 2.05) is 13.1 Å². The Morgan fingerprint density at radius 2 is 1.79 bits per heavy atom. The fourth-order valence-electron chi connectivity index (χ4n) is 1.91. The molecule has 0 radical (unpaired) electrons. The van der Waals surface area contributed by atoms with E-state index in [2.05, 4.69) is 56.2 Å². The Balaban J connectivity index is 2.54. The lowest BCUT2D eigenvalue weighted by Crippen LogP contribution is -2.18. The highest BCUT2D eigenvalue weighted by molar-refractivity contribution is 9.11. The number of nitrogens with one attached hydrogen (secondary N) is 1. The van der Waals surface area contributed by atoms with Crippen LogP contribution in [0.5, 0.6) is 0 Å². The third-order valence-corrected chi connectivity index (χ3v) is 5.93. The fraction of sp³-hybridized carbons (Fsp3) is 0.231. The summed E-state index contributed by atoms with van der Waals surface area (Å²) in [6, 6.07) is 6.10. The Bertz CT molecular complexity index is 613. The Labute approximate surface area is 143 Å². The summed E-state index contributed by atoms with van der Waals surface area (Å²) in [4.78, 5) is 0. The molecule has 1 nitrogen and oxygen atoms in total. The lowest BCUT2D eigenvalue weighted by atomic mass is 10.0. The smallest absolute Gasteiger partial charge is 0.0995 e. The van der Waals surface area contributed by atoms with E-state index < -0.39 is 0 Å². The summed E-state index contributed by atoms with van der Waals surface area (Å²) in [5, 5.41) is 3.29. The van der Waals surface area contributed by atoms with Crippen molar-refractivity contribution in [2.75, 3.05) is 7.05 Å². The second kappa shape index (κ2) is 6.46. The van der Waals surface area contributed by atoms with Crippen LogP contribution in [0.15, 0.2) is 27.1 Å². The number of rotatable bonds is 3. The van der Waals surface area contributed by atoms with E-state index in [9.17, 15) is 0 Å². The second-order valence-electron chi connectivity index (χ2n) is 4.12. The molecule has 102 valence electrons. The number of thiophene rings is 1. The molecule has 0 bridgehead atoms. The summed E-state index contributed by atoms with van der Waals surface area (Å²) < 4.78 is 3.53. The number of hydrogen-bond donors (Lipinski definition) is 1. The Morgan fingerprint density at radius 3 is 2.32 bits per heavy atom. The quantitative estimate of drug-likeness (QED) is 0.595. The average molecular weight is 444 g/mol.